The summed E-state index contributed by atoms with van der Waals surface area (Å²) in [6.07, 6.45) is 3.12. The molecule has 1 atom stereocenters. The molecule has 0 spiro atoms. The summed E-state index contributed by atoms with van der Waals surface area (Å²) in [7, 11) is 0. The molecule has 0 aliphatic heterocycles. The lowest BCUT2D eigenvalue weighted by molar-refractivity contribution is -0.138. The van der Waals surface area contributed by atoms with Crippen LogP contribution in [-0.2, 0) is 4.79 Å². The lowest BCUT2D eigenvalue weighted by Gasteiger charge is -2.07. The van der Waals surface area contributed by atoms with Gasteiger partial charge in [0.1, 0.15) is 6.04 Å². The predicted molar refractivity (Wildman–Crippen MR) is 61.0 cm³/mol. The van der Waals surface area contributed by atoms with Gasteiger partial charge in [0.25, 0.3) is 0 Å². The zero-order valence-corrected chi connectivity index (χ0v) is 8.83. The molecule has 4 N–H and O–H groups in total. The van der Waals surface area contributed by atoms with Crippen molar-refractivity contribution in [3.63, 3.8) is 0 Å². The third kappa shape index (κ3) is 2.11. The standard InChI is InChI=1S/C11H11N3O3/c12-9(10(15)16)7-1-3-8(4-2-7)14-6-5-13-11(14)17/h1-6,9H,12H2,(H,13,17)(H,15,16). The highest BCUT2D eigenvalue weighted by Gasteiger charge is 2.13. The molecule has 17 heavy (non-hydrogen) atoms. The molecule has 0 amide bonds. The van der Waals surface area contributed by atoms with Gasteiger partial charge in [-0.15, -0.1) is 0 Å². The summed E-state index contributed by atoms with van der Waals surface area (Å²) in [5, 5.41) is 8.75. The van der Waals surface area contributed by atoms with Crippen LogP contribution >= 0.6 is 0 Å². The average Bonchev–Trinajstić information content (AvgIpc) is 2.74. The Hall–Kier alpha value is -2.34. The number of nitrogens with zero attached hydrogens (tertiary/aromatic N) is 1. The van der Waals surface area contributed by atoms with Crippen LogP contribution < -0.4 is 11.4 Å². The van der Waals surface area contributed by atoms with Gasteiger partial charge < -0.3 is 15.8 Å². The summed E-state index contributed by atoms with van der Waals surface area (Å²) in [4.78, 5) is 24.5. The first-order valence-corrected chi connectivity index (χ1v) is 4.94. The van der Waals surface area contributed by atoms with Crippen molar-refractivity contribution in [3.05, 3.63) is 52.7 Å². The Morgan fingerprint density at radius 3 is 2.47 bits per heavy atom. The number of nitrogens with two attached hydrogens (primary N) is 1. The second kappa shape index (κ2) is 4.26. The van der Waals surface area contributed by atoms with Gasteiger partial charge in [-0.3, -0.25) is 9.36 Å². The zero-order valence-electron chi connectivity index (χ0n) is 8.83. The predicted octanol–water partition coefficient (Wildman–Crippen LogP) is 0.250. The molecule has 0 aliphatic rings. The van der Waals surface area contributed by atoms with E-state index in [4.69, 9.17) is 10.8 Å². The normalized spacial score (nSPS) is 12.3. The van der Waals surface area contributed by atoms with E-state index in [1.807, 2.05) is 0 Å². The molecule has 0 radical (unpaired) electrons. The van der Waals surface area contributed by atoms with Crippen molar-refractivity contribution >= 4 is 5.97 Å². The minimum absolute atomic E-state index is 0.250. The average molecular weight is 233 g/mol. The fourth-order valence-electron chi connectivity index (χ4n) is 1.51. The molecule has 2 aromatic rings. The molecule has 6 nitrogen and oxygen atoms in total. The number of aromatic nitrogens is 2. The number of hydrogen-bond donors (Lipinski definition) is 3. The van der Waals surface area contributed by atoms with Crippen molar-refractivity contribution in [3.8, 4) is 5.69 Å². The highest BCUT2D eigenvalue weighted by molar-refractivity contribution is 5.75. The summed E-state index contributed by atoms with van der Waals surface area (Å²) in [6.45, 7) is 0. The molecule has 0 saturated carbocycles. The number of carbonyl (C=O) groups is 1. The third-order valence-corrected chi connectivity index (χ3v) is 2.45. The lowest BCUT2D eigenvalue weighted by atomic mass is 10.1. The van der Waals surface area contributed by atoms with E-state index >= 15 is 0 Å². The number of H-pyrrole nitrogens is 1. The number of carboxylic acids is 1. The topological polar surface area (TPSA) is 101 Å². The molecule has 2 rings (SSSR count). The summed E-state index contributed by atoms with van der Waals surface area (Å²) < 4.78 is 1.41. The van der Waals surface area contributed by atoms with Gasteiger partial charge in [-0.1, -0.05) is 12.1 Å². The van der Waals surface area contributed by atoms with E-state index in [1.165, 1.54) is 10.8 Å². The fraction of sp³-hybridized carbons (Fsp3) is 0.0909. The van der Waals surface area contributed by atoms with Gasteiger partial charge in [-0.2, -0.15) is 0 Å². The fourth-order valence-corrected chi connectivity index (χ4v) is 1.51. The number of carboxylic acid groups (broad SMARTS) is 1. The number of aliphatic carboxylic acids is 1. The van der Waals surface area contributed by atoms with Crippen LogP contribution in [-0.4, -0.2) is 20.6 Å². The Kier molecular flexibility index (Phi) is 2.80. The van der Waals surface area contributed by atoms with Crippen LogP contribution in [0.5, 0.6) is 0 Å². The van der Waals surface area contributed by atoms with Crippen LogP contribution in [0, 0.1) is 0 Å². The lowest BCUT2D eigenvalue weighted by Crippen LogP contribution is -2.20. The number of hydrogen-bond acceptors (Lipinski definition) is 3. The van der Waals surface area contributed by atoms with Crippen LogP contribution in [0.2, 0.25) is 0 Å². The van der Waals surface area contributed by atoms with Crippen molar-refractivity contribution < 1.29 is 9.90 Å². The molecular formula is C11H11N3O3. The van der Waals surface area contributed by atoms with Gasteiger partial charge in [-0.25, -0.2) is 4.79 Å². The minimum Gasteiger partial charge on any atom is -0.480 e. The van der Waals surface area contributed by atoms with Crippen LogP contribution in [0.4, 0.5) is 0 Å². The second-order valence-corrected chi connectivity index (χ2v) is 3.54. The van der Waals surface area contributed by atoms with Crippen molar-refractivity contribution in [1.29, 1.82) is 0 Å². The monoisotopic (exact) mass is 233 g/mol. The molecule has 88 valence electrons. The quantitative estimate of drug-likeness (QED) is 0.707. The highest BCUT2D eigenvalue weighted by Crippen LogP contribution is 2.13. The van der Waals surface area contributed by atoms with Gasteiger partial charge in [0.2, 0.25) is 0 Å². The first-order valence-electron chi connectivity index (χ1n) is 4.94. The highest BCUT2D eigenvalue weighted by atomic mass is 16.4. The van der Waals surface area contributed by atoms with E-state index in [1.54, 1.807) is 30.5 Å². The van der Waals surface area contributed by atoms with E-state index in [2.05, 4.69) is 4.98 Å². The smallest absolute Gasteiger partial charge is 0.330 e. The SMILES string of the molecule is NC(C(=O)O)c1ccc(-n2cc[nH]c2=O)cc1. The summed E-state index contributed by atoms with van der Waals surface area (Å²) >= 11 is 0. The van der Waals surface area contributed by atoms with Gasteiger partial charge in [0.15, 0.2) is 0 Å². The molecule has 0 fully saturated rings. The molecule has 0 saturated heterocycles. The Labute approximate surface area is 96.3 Å². The van der Waals surface area contributed by atoms with E-state index in [0.717, 1.165) is 0 Å². The molecule has 1 aromatic carbocycles. The molecular weight excluding hydrogens is 222 g/mol. The number of rotatable bonds is 3. The van der Waals surface area contributed by atoms with Crippen LogP contribution in [0.1, 0.15) is 11.6 Å². The first-order chi connectivity index (χ1) is 8.09. The van der Waals surface area contributed by atoms with Gasteiger partial charge in [0, 0.05) is 12.4 Å². The van der Waals surface area contributed by atoms with Crippen LogP contribution in [0.3, 0.4) is 0 Å². The second-order valence-electron chi connectivity index (χ2n) is 3.54. The molecule has 1 aromatic heterocycles. The van der Waals surface area contributed by atoms with Gasteiger partial charge in [-0.05, 0) is 17.7 Å². The molecule has 6 heteroatoms. The largest absolute Gasteiger partial charge is 0.480 e. The first kappa shape index (κ1) is 11.2. The maximum absolute atomic E-state index is 11.3. The van der Waals surface area contributed by atoms with Crippen molar-refractivity contribution in [1.82, 2.24) is 9.55 Å². The maximum Gasteiger partial charge on any atom is 0.330 e. The zero-order chi connectivity index (χ0) is 12.4. The van der Waals surface area contributed by atoms with Gasteiger partial charge in [0.05, 0.1) is 5.69 Å². The third-order valence-electron chi connectivity index (χ3n) is 2.45. The van der Waals surface area contributed by atoms with Gasteiger partial charge >= 0.3 is 11.7 Å². The number of nitrogens with one attached hydrogen (secondary N) is 1. The van der Waals surface area contributed by atoms with Crippen molar-refractivity contribution in [2.24, 2.45) is 5.73 Å². The minimum atomic E-state index is -1.09. The van der Waals surface area contributed by atoms with Crippen molar-refractivity contribution in [2.45, 2.75) is 6.04 Å². The molecule has 1 unspecified atom stereocenters. The van der Waals surface area contributed by atoms with Crippen molar-refractivity contribution in [2.75, 3.05) is 0 Å². The Bertz CT molecular complexity index is 583. The number of benzene rings is 1. The molecule has 0 aliphatic carbocycles. The molecule has 0 bridgehead atoms. The van der Waals surface area contributed by atoms with E-state index in [0.29, 0.717) is 11.3 Å². The summed E-state index contributed by atoms with van der Waals surface area (Å²) in [5.74, 6) is -1.09. The Morgan fingerprint density at radius 2 is 2.00 bits per heavy atom. The van der Waals surface area contributed by atoms with Crippen LogP contribution in [0.15, 0.2) is 41.5 Å². The summed E-state index contributed by atoms with van der Waals surface area (Å²) in [5.41, 5.74) is 6.35. The van der Waals surface area contributed by atoms with Crippen LogP contribution in [0.25, 0.3) is 5.69 Å². The van der Waals surface area contributed by atoms with E-state index < -0.39 is 12.0 Å². The summed E-state index contributed by atoms with van der Waals surface area (Å²) in [6, 6.07) is 5.42. The Morgan fingerprint density at radius 1 is 1.35 bits per heavy atom. The maximum atomic E-state index is 11.3. The van der Waals surface area contributed by atoms with E-state index in [9.17, 15) is 9.59 Å². The number of aromatic amines is 1. The number of imidazole rings is 1. The Balaban J connectivity index is 2.34. The van der Waals surface area contributed by atoms with E-state index in [-0.39, 0.29) is 5.69 Å². The molecule has 1 heterocycles.